The molecule has 1 aromatic heterocycles. The zero-order valence-corrected chi connectivity index (χ0v) is 11.4. The second-order valence-corrected chi connectivity index (χ2v) is 4.99. The molecule has 0 aliphatic heterocycles. The Morgan fingerprint density at radius 1 is 1.33 bits per heavy atom. The highest BCUT2D eigenvalue weighted by atomic mass is 32.1. The number of benzene rings is 1. The highest BCUT2D eigenvalue weighted by Crippen LogP contribution is 2.21. The molecule has 18 heavy (non-hydrogen) atoms. The average molecular weight is 263 g/mol. The molecule has 1 heterocycles. The Kier molecular flexibility index (Phi) is 4.41. The number of hydrogen-bond acceptors (Lipinski definition) is 5. The maximum Gasteiger partial charge on any atom is 0.0893 e. The molecule has 2 aromatic rings. The first kappa shape index (κ1) is 13.1. The van der Waals surface area contributed by atoms with Crippen molar-refractivity contribution in [3.63, 3.8) is 0 Å². The van der Waals surface area contributed by atoms with Crippen molar-refractivity contribution in [3.05, 3.63) is 47.0 Å². The van der Waals surface area contributed by atoms with Gasteiger partial charge in [-0.2, -0.15) is 0 Å². The van der Waals surface area contributed by atoms with Crippen molar-refractivity contribution < 1.29 is 4.74 Å². The van der Waals surface area contributed by atoms with Crippen LogP contribution in [-0.2, 0) is 16.8 Å². The summed E-state index contributed by atoms with van der Waals surface area (Å²) >= 11 is 1.37. The van der Waals surface area contributed by atoms with Crippen LogP contribution in [0.1, 0.15) is 18.2 Å². The van der Waals surface area contributed by atoms with E-state index in [1.165, 1.54) is 17.1 Å². The molecule has 0 radical (unpaired) electrons. The Hall–Kier alpha value is -1.30. The van der Waals surface area contributed by atoms with E-state index in [9.17, 15) is 0 Å². The molecule has 0 amide bonds. The molecule has 0 saturated heterocycles. The highest BCUT2D eigenvalue weighted by Gasteiger charge is 2.25. The fourth-order valence-corrected chi connectivity index (χ4v) is 2.33. The average Bonchev–Trinajstić information content (AvgIpc) is 2.91. The van der Waals surface area contributed by atoms with Crippen molar-refractivity contribution in [2.75, 3.05) is 13.7 Å². The Morgan fingerprint density at radius 3 is 2.72 bits per heavy atom. The minimum absolute atomic E-state index is 0.223. The predicted molar refractivity (Wildman–Crippen MR) is 72.4 cm³/mol. The molecule has 0 fully saturated rings. The fourth-order valence-electron chi connectivity index (χ4n) is 1.88. The molecule has 4 nitrogen and oxygen atoms in total. The van der Waals surface area contributed by atoms with E-state index in [0.717, 1.165) is 5.69 Å². The van der Waals surface area contributed by atoms with Crippen LogP contribution in [0.25, 0.3) is 0 Å². The first-order valence-electron chi connectivity index (χ1n) is 5.80. The summed E-state index contributed by atoms with van der Waals surface area (Å²) in [4.78, 5) is 0. The third-order valence-corrected chi connectivity index (χ3v) is 3.46. The van der Waals surface area contributed by atoms with E-state index < -0.39 is 0 Å². The Morgan fingerprint density at radius 2 is 2.11 bits per heavy atom. The predicted octanol–water partition coefficient (Wildman–Crippen LogP) is 2.19. The summed E-state index contributed by atoms with van der Waals surface area (Å²) in [6, 6.07) is 10.3. The molecule has 0 saturated carbocycles. The number of hydrogen-bond donors (Lipinski definition) is 1. The van der Waals surface area contributed by atoms with Crippen LogP contribution in [0.2, 0.25) is 0 Å². The monoisotopic (exact) mass is 263 g/mol. The Labute approximate surface area is 111 Å². The van der Waals surface area contributed by atoms with Gasteiger partial charge in [-0.3, -0.25) is 5.32 Å². The van der Waals surface area contributed by atoms with Gasteiger partial charge in [-0.05, 0) is 24.0 Å². The van der Waals surface area contributed by atoms with Gasteiger partial charge in [-0.15, -0.1) is 5.10 Å². The van der Waals surface area contributed by atoms with Crippen LogP contribution >= 0.6 is 11.5 Å². The molecular weight excluding hydrogens is 246 g/mol. The van der Waals surface area contributed by atoms with E-state index in [2.05, 4.69) is 34.0 Å². The number of aromatic nitrogens is 2. The minimum atomic E-state index is -0.223. The molecular formula is C13H17N3OS. The van der Waals surface area contributed by atoms with Gasteiger partial charge in [0.2, 0.25) is 0 Å². The van der Waals surface area contributed by atoms with E-state index >= 15 is 0 Å². The Balaban J connectivity index is 2.11. The molecule has 2 rings (SSSR count). The summed E-state index contributed by atoms with van der Waals surface area (Å²) < 4.78 is 9.20. The lowest BCUT2D eigenvalue weighted by Crippen LogP contribution is -2.43. The zero-order chi connectivity index (χ0) is 12.8. The molecule has 1 N–H and O–H groups in total. The minimum Gasteiger partial charge on any atom is -0.382 e. The summed E-state index contributed by atoms with van der Waals surface area (Å²) in [6.45, 7) is 3.42. The smallest absolute Gasteiger partial charge is 0.0893 e. The molecule has 96 valence electrons. The van der Waals surface area contributed by atoms with Crippen molar-refractivity contribution in [1.29, 1.82) is 0 Å². The lowest BCUT2D eigenvalue weighted by Gasteiger charge is -2.30. The number of rotatable bonds is 6. The summed E-state index contributed by atoms with van der Waals surface area (Å²) in [6.07, 6.45) is 0. The summed E-state index contributed by atoms with van der Waals surface area (Å²) in [5, 5.41) is 9.48. The van der Waals surface area contributed by atoms with E-state index in [4.69, 9.17) is 4.74 Å². The van der Waals surface area contributed by atoms with Crippen molar-refractivity contribution in [1.82, 2.24) is 14.9 Å². The van der Waals surface area contributed by atoms with Gasteiger partial charge in [-0.25, -0.2) is 0 Å². The van der Waals surface area contributed by atoms with Crippen LogP contribution in [-0.4, -0.2) is 23.3 Å². The normalized spacial score (nSPS) is 14.3. The zero-order valence-electron chi connectivity index (χ0n) is 10.6. The van der Waals surface area contributed by atoms with E-state index in [0.29, 0.717) is 13.2 Å². The maximum absolute atomic E-state index is 5.34. The second-order valence-electron chi connectivity index (χ2n) is 4.38. The standard InChI is InChI=1S/C13H17N3OS/c1-13(10-17-2,11-6-4-3-5-7-11)14-8-12-9-18-16-15-12/h3-7,9,14H,8,10H2,1-2H3/t13-/m1/s1. The number of nitrogens with zero attached hydrogens (tertiary/aromatic N) is 2. The largest absolute Gasteiger partial charge is 0.382 e. The summed E-state index contributed by atoms with van der Waals surface area (Å²) in [5.41, 5.74) is 1.94. The fraction of sp³-hybridized carbons (Fsp3) is 0.385. The first-order valence-corrected chi connectivity index (χ1v) is 6.64. The van der Waals surface area contributed by atoms with Crippen molar-refractivity contribution >= 4 is 11.5 Å². The van der Waals surface area contributed by atoms with Crippen molar-refractivity contribution in [3.8, 4) is 0 Å². The highest BCUT2D eigenvalue weighted by molar-refractivity contribution is 7.03. The van der Waals surface area contributed by atoms with Crippen LogP contribution in [0.5, 0.6) is 0 Å². The van der Waals surface area contributed by atoms with Crippen molar-refractivity contribution in [2.45, 2.75) is 19.0 Å². The summed E-state index contributed by atoms with van der Waals surface area (Å²) in [5.74, 6) is 0. The third-order valence-electron chi connectivity index (χ3n) is 2.91. The lowest BCUT2D eigenvalue weighted by molar-refractivity contribution is 0.117. The Bertz CT molecular complexity index is 460. The molecule has 0 aliphatic rings. The van der Waals surface area contributed by atoms with Gasteiger partial charge in [0.05, 0.1) is 17.8 Å². The summed E-state index contributed by atoms with van der Waals surface area (Å²) in [7, 11) is 1.72. The second kappa shape index (κ2) is 6.04. The van der Waals surface area contributed by atoms with Crippen molar-refractivity contribution in [2.24, 2.45) is 0 Å². The quantitative estimate of drug-likeness (QED) is 0.868. The number of ether oxygens (including phenoxy) is 1. The molecule has 1 atom stereocenters. The van der Waals surface area contributed by atoms with E-state index in [1.54, 1.807) is 7.11 Å². The SMILES string of the molecule is COC[C@@](C)(NCc1csnn1)c1ccccc1. The molecule has 1 aromatic carbocycles. The van der Waals surface area contributed by atoms with Gasteiger partial charge in [0.15, 0.2) is 0 Å². The third kappa shape index (κ3) is 3.13. The topological polar surface area (TPSA) is 47.0 Å². The number of methoxy groups -OCH3 is 1. The molecule has 0 unspecified atom stereocenters. The van der Waals surface area contributed by atoms with E-state index in [-0.39, 0.29) is 5.54 Å². The maximum atomic E-state index is 5.34. The molecule has 5 heteroatoms. The molecule has 0 spiro atoms. The van der Waals surface area contributed by atoms with E-state index in [1.807, 2.05) is 23.6 Å². The van der Waals surface area contributed by atoms with Gasteiger partial charge in [0.25, 0.3) is 0 Å². The number of nitrogens with one attached hydrogen (secondary N) is 1. The van der Waals surface area contributed by atoms with Gasteiger partial charge in [0, 0.05) is 19.0 Å². The molecule has 0 aliphatic carbocycles. The lowest BCUT2D eigenvalue weighted by atomic mass is 9.93. The first-order chi connectivity index (χ1) is 8.74. The molecule has 0 bridgehead atoms. The van der Waals surface area contributed by atoms with Crippen LogP contribution in [0.15, 0.2) is 35.7 Å². The van der Waals surface area contributed by atoms with Crippen LogP contribution < -0.4 is 5.32 Å². The van der Waals surface area contributed by atoms with Crippen LogP contribution in [0.4, 0.5) is 0 Å². The van der Waals surface area contributed by atoms with Crippen LogP contribution in [0.3, 0.4) is 0 Å². The van der Waals surface area contributed by atoms with Gasteiger partial charge >= 0.3 is 0 Å². The van der Waals surface area contributed by atoms with Gasteiger partial charge < -0.3 is 4.74 Å². The van der Waals surface area contributed by atoms with Gasteiger partial charge in [-0.1, -0.05) is 34.8 Å². The van der Waals surface area contributed by atoms with Crippen LogP contribution in [0, 0.1) is 0 Å². The van der Waals surface area contributed by atoms with Gasteiger partial charge in [0.1, 0.15) is 0 Å².